The van der Waals surface area contributed by atoms with Crippen LogP contribution in [0.1, 0.15) is 79.1 Å². The SMILES string of the molecule is CC#Cc1cc(F)c(C(CC(=O)O)NC(=O)C(CC(C)C)n2cc(CCn3ccnc3)c(C(F)(F)F)cc2=O)c(F)c1-c1c(C)cc(F)cc1C. The van der Waals surface area contributed by atoms with Gasteiger partial charge in [-0.25, -0.2) is 18.2 Å². The Kier molecular flexibility index (Phi) is 11.8. The number of aromatic nitrogens is 3. The van der Waals surface area contributed by atoms with Gasteiger partial charge in [0, 0.05) is 47.9 Å². The fraction of sp³-hybridized carbons (Fsp3) is 0.351. The molecule has 0 aliphatic heterocycles. The number of aliphatic carboxylic acids is 1. The highest BCUT2D eigenvalue weighted by atomic mass is 19.4. The number of carboxylic acid groups (broad SMARTS) is 1. The maximum atomic E-state index is 16.7. The summed E-state index contributed by atoms with van der Waals surface area (Å²) in [5.41, 5.74) is -3.05. The largest absolute Gasteiger partial charge is 0.481 e. The van der Waals surface area contributed by atoms with Crippen molar-refractivity contribution in [2.24, 2.45) is 5.92 Å². The molecule has 0 aliphatic carbocycles. The molecule has 0 saturated heterocycles. The van der Waals surface area contributed by atoms with E-state index >= 15 is 8.78 Å². The van der Waals surface area contributed by atoms with E-state index in [4.69, 9.17) is 0 Å². The Morgan fingerprint density at radius 1 is 1.04 bits per heavy atom. The first kappa shape index (κ1) is 38.5. The number of pyridine rings is 1. The number of rotatable bonds is 12. The lowest BCUT2D eigenvalue weighted by Crippen LogP contribution is -2.41. The van der Waals surface area contributed by atoms with Gasteiger partial charge in [-0.3, -0.25) is 14.4 Å². The first-order valence-corrected chi connectivity index (χ1v) is 15.9. The van der Waals surface area contributed by atoms with Gasteiger partial charge in [0.05, 0.1) is 24.4 Å². The van der Waals surface area contributed by atoms with Crippen LogP contribution in [0, 0.1) is 49.1 Å². The number of halogens is 6. The Bertz CT molecular complexity index is 2040. The number of imidazole rings is 1. The number of alkyl halides is 3. The molecule has 2 atom stereocenters. The summed E-state index contributed by atoms with van der Waals surface area (Å²) in [7, 11) is 0. The summed E-state index contributed by atoms with van der Waals surface area (Å²) in [6.07, 6.45) is -0.860. The van der Waals surface area contributed by atoms with Crippen molar-refractivity contribution in [3.63, 3.8) is 0 Å². The second-order valence-corrected chi connectivity index (χ2v) is 12.6. The number of carboxylic acids is 1. The number of carbonyl (C=O) groups is 2. The van der Waals surface area contributed by atoms with Crippen LogP contribution in [-0.4, -0.2) is 31.1 Å². The molecule has 2 aromatic carbocycles. The van der Waals surface area contributed by atoms with Crippen LogP contribution < -0.4 is 10.9 Å². The Labute approximate surface area is 290 Å². The second-order valence-electron chi connectivity index (χ2n) is 12.6. The van der Waals surface area contributed by atoms with Crippen molar-refractivity contribution in [3.8, 4) is 23.0 Å². The average Bonchev–Trinajstić information content (AvgIpc) is 3.53. The molecule has 270 valence electrons. The molecular weight excluding hydrogens is 678 g/mol. The quantitative estimate of drug-likeness (QED) is 0.118. The third-order valence-corrected chi connectivity index (χ3v) is 8.30. The van der Waals surface area contributed by atoms with Crippen LogP contribution in [0.3, 0.4) is 0 Å². The summed E-state index contributed by atoms with van der Waals surface area (Å²) in [5.74, 6) is -0.784. The van der Waals surface area contributed by atoms with Crippen molar-refractivity contribution in [2.75, 3.05) is 0 Å². The molecule has 0 saturated carbocycles. The number of hydrogen-bond acceptors (Lipinski definition) is 4. The van der Waals surface area contributed by atoms with Gasteiger partial charge < -0.3 is 19.6 Å². The van der Waals surface area contributed by atoms with Gasteiger partial charge in [0.2, 0.25) is 5.91 Å². The van der Waals surface area contributed by atoms with E-state index in [0.717, 1.165) is 29.0 Å². The van der Waals surface area contributed by atoms with Gasteiger partial charge in [-0.1, -0.05) is 19.8 Å². The molecule has 2 heterocycles. The van der Waals surface area contributed by atoms with Crippen LogP contribution >= 0.6 is 0 Å². The van der Waals surface area contributed by atoms with Crippen LogP contribution in [0.5, 0.6) is 0 Å². The van der Waals surface area contributed by atoms with Crippen molar-refractivity contribution in [1.29, 1.82) is 0 Å². The van der Waals surface area contributed by atoms with Crippen molar-refractivity contribution < 1.29 is 41.0 Å². The van der Waals surface area contributed by atoms with E-state index in [1.165, 1.54) is 37.9 Å². The first-order chi connectivity index (χ1) is 23.9. The Morgan fingerprint density at radius 2 is 1.71 bits per heavy atom. The monoisotopic (exact) mass is 714 g/mol. The van der Waals surface area contributed by atoms with E-state index in [1.54, 1.807) is 20.0 Å². The van der Waals surface area contributed by atoms with E-state index in [1.807, 2.05) is 0 Å². The Hall–Kier alpha value is -5.32. The fourth-order valence-corrected chi connectivity index (χ4v) is 6.16. The summed E-state index contributed by atoms with van der Waals surface area (Å²) < 4.78 is 91.3. The van der Waals surface area contributed by atoms with Crippen molar-refractivity contribution in [3.05, 3.63) is 110 Å². The number of hydrogen-bond donors (Lipinski definition) is 2. The van der Waals surface area contributed by atoms with Crippen molar-refractivity contribution >= 4 is 11.9 Å². The minimum atomic E-state index is -4.90. The van der Waals surface area contributed by atoms with E-state index in [-0.39, 0.29) is 58.7 Å². The van der Waals surface area contributed by atoms with Gasteiger partial charge in [0.15, 0.2) is 0 Å². The van der Waals surface area contributed by atoms with Gasteiger partial charge in [-0.2, -0.15) is 13.2 Å². The molecule has 8 nitrogen and oxygen atoms in total. The lowest BCUT2D eigenvalue weighted by Gasteiger charge is -2.27. The molecule has 4 rings (SSSR count). The molecule has 0 spiro atoms. The summed E-state index contributed by atoms with van der Waals surface area (Å²) >= 11 is 0. The molecule has 51 heavy (non-hydrogen) atoms. The van der Waals surface area contributed by atoms with Gasteiger partial charge in [0.1, 0.15) is 23.5 Å². The molecule has 0 aliphatic rings. The zero-order valence-electron chi connectivity index (χ0n) is 28.5. The molecule has 2 N–H and O–H groups in total. The summed E-state index contributed by atoms with van der Waals surface area (Å²) in [5, 5.41) is 12.2. The highest BCUT2D eigenvalue weighted by Crippen LogP contribution is 2.38. The van der Waals surface area contributed by atoms with E-state index in [2.05, 4.69) is 22.1 Å². The van der Waals surface area contributed by atoms with Gasteiger partial charge in [0.25, 0.3) is 5.56 Å². The zero-order valence-corrected chi connectivity index (χ0v) is 28.5. The number of nitrogens with zero attached hydrogens (tertiary/aromatic N) is 3. The van der Waals surface area contributed by atoms with Crippen molar-refractivity contribution in [1.82, 2.24) is 19.4 Å². The smallest absolute Gasteiger partial charge is 0.416 e. The lowest BCUT2D eigenvalue weighted by atomic mass is 9.88. The van der Waals surface area contributed by atoms with Crippen molar-refractivity contribution in [2.45, 2.75) is 78.7 Å². The van der Waals surface area contributed by atoms with E-state index in [0.29, 0.717) is 6.07 Å². The maximum Gasteiger partial charge on any atom is 0.416 e. The topological polar surface area (TPSA) is 106 Å². The maximum absolute atomic E-state index is 16.7. The molecule has 1 amide bonds. The third kappa shape index (κ3) is 8.89. The number of aryl methyl sites for hydroxylation is 4. The van der Waals surface area contributed by atoms with E-state index < -0.39 is 70.7 Å². The van der Waals surface area contributed by atoms with Gasteiger partial charge >= 0.3 is 12.1 Å². The molecule has 0 fully saturated rings. The molecular formula is C37H36F6N4O4. The zero-order chi connectivity index (χ0) is 37.8. The first-order valence-electron chi connectivity index (χ1n) is 15.9. The molecule has 4 aromatic rings. The van der Waals surface area contributed by atoms with Crippen LogP contribution in [-0.2, 0) is 28.7 Å². The molecule has 14 heteroatoms. The minimum Gasteiger partial charge on any atom is -0.481 e. The molecule has 0 bridgehead atoms. The van der Waals surface area contributed by atoms with Crippen LogP contribution in [0.15, 0.2) is 54.0 Å². The second kappa shape index (κ2) is 15.7. The Morgan fingerprint density at radius 3 is 2.25 bits per heavy atom. The highest BCUT2D eigenvalue weighted by Gasteiger charge is 2.36. The van der Waals surface area contributed by atoms with Gasteiger partial charge in [-0.05, 0) is 80.0 Å². The predicted octanol–water partition coefficient (Wildman–Crippen LogP) is 7.30. The molecule has 2 aromatic heterocycles. The normalized spacial score (nSPS) is 12.7. The molecule has 0 radical (unpaired) electrons. The standard InChI is InChI=1S/C37H36F6N4O4/c1-6-7-23-15-27(39)34(35(40)33(23)32-21(4)13-25(38)14-22(32)5)28(17-31(49)50)45-36(51)29(12-20(2)3)47-18-24(8-10-46-11-9-44-19-46)26(16-30(47)48)37(41,42)43/h9,11,13-16,18-20,28-29H,8,10,12,17H2,1-5H3,(H,45,51)(H,49,50). The van der Waals surface area contributed by atoms with Crippen LogP contribution in [0.25, 0.3) is 11.1 Å². The number of nitrogens with one attached hydrogen (secondary N) is 1. The number of amides is 1. The van der Waals surface area contributed by atoms with Crippen LogP contribution in [0.4, 0.5) is 26.3 Å². The number of carbonyl (C=O) groups excluding carboxylic acids is 1. The summed E-state index contributed by atoms with van der Waals surface area (Å²) in [6, 6.07) is 0.232. The van der Waals surface area contributed by atoms with Crippen LogP contribution in [0.2, 0.25) is 0 Å². The third-order valence-electron chi connectivity index (χ3n) is 8.30. The average molecular weight is 715 g/mol. The number of benzene rings is 2. The predicted molar refractivity (Wildman–Crippen MR) is 177 cm³/mol. The summed E-state index contributed by atoms with van der Waals surface area (Å²) in [6.45, 7) is 7.90. The summed E-state index contributed by atoms with van der Waals surface area (Å²) in [4.78, 5) is 43.2. The van der Waals surface area contributed by atoms with Gasteiger partial charge in [-0.15, -0.1) is 5.92 Å². The lowest BCUT2D eigenvalue weighted by molar-refractivity contribution is -0.139. The molecule has 2 unspecified atom stereocenters. The Balaban J connectivity index is 1.86. The minimum absolute atomic E-state index is 0.0648. The highest BCUT2D eigenvalue weighted by molar-refractivity contribution is 5.83. The fourth-order valence-electron chi connectivity index (χ4n) is 6.16. The van der Waals surface area contributed by atoms with E-state index in [9.17, 15) is 37.1 Å².